The van der Waals surface area contributed by atoms with Crippen LogP contribution in [0.5, 0.6) is 11.5 Å². The summed E-state index contributed by atoms with van der Waals surface area (Å²) in [6.07, 6.45) is 1.71. The van der Waals surface area contributed by atoms with Crippen LogP contribution in [0.4, 0.5) is 0 Å². The summed E-state index contributed by atoms with van der Waals surface area (Å²) in [4.78, 5) is 5.39. The van der Waals surface area contributed by atoms with Crippen LogP contribution in [0.1, 0.15) is 22.9 Å². The fraction of sp³-hybridized carbons (Fsp3) is 0.250. The molecule has 0 bridgehead atoms. The second-order valence-electron chi connectivity index (χ2n) is 5.67. The van der Waals surface area contributed by atoms with E-state index in [-0.39, 0.29) is 0 Å². The molecule has 0 amide bonds. The van der Waals surface area contributed by atoms with Crippen molar-refractivity contribution in [2.45, 2.75) is 26.6 Å². The molecule has 0 aliphatic heterocycles. The molecule has 6 heteroatoms. The van der Waals surface area contributed by atoms with E-state index in [0.717, 1.165) is 35.7 Å². The number of ether oxygens (including phenoxy) is 2. The predicted molar refractivity (Wildman–Crippen MR) is 106 cm³/mol. The lowest BCUT2D eigenvalue weighted by Gasteiger charge is -2.14. The van der Waals surface area contributed by atoms with Gasteiger partial charge in [-0.15, -0.1) is 11.3 Å². The highest BCUT2D eigenvalue weighted by molar-refractivity contribution is 7.09. The van der Waals surface area contributed by atoms with Gasteiger partial charge in [-0.3, -0.25) is 0 Å². The van der Waals surface area contributed by atoms with Crippen molar-refractivity contribution in [1.29, 1.82) is 0 Å². The number of pyridine rings is 1. The fourth-order valence-corrected chi connectivity index (χ4v) is 3.23. The Labute approximate surface area is 162 Å². The Bertz CT molecular complexity index is 807. The fourth-order valence-electron chi connectivity index (χ4n) is 2.45. The highest BCUT2D eigenvalue weighted by atomic mass is 35.5. The zero-order chi connectivity index (χ0) is 18.2. The number of nitrogens with zero attached hydrogens (tertiary/aromatic N) is 1. The number of hydrogen-bond donors (Lipinski definition) is 1. The largest absolute Gasteiger partial charge is 0.490 e. The average molecular weight is 389 g/mol. The molecule has 0 spiro atoms. The molecule has 2 heterocycles. The number of aromatic nitrogens is 1. The third kappa shape index (κ3) is 5.46. The zero-order valence-corrected chi connectivity index (χ0v) is 16.1. The first-order chi connectivity index (χ1) is 12.7. The van der Waals surface area contributed by atoms with Crippen LogP contribution in [-0.2, 0) is 19.7 Å². The summed E-state index contributed by atoms with van der Waals surface area (Å²) < 4.78 is 11.7. The highest BCUT2D eigenvalue weighted by Gasteiger charge is 2.07. The Morgan fingerprint density at radius 2 is 1.92 bits per heavy atom. The van der Waals surface area contributed by atoms with Crippen molar-refractivity contribution in [3.8, 4) is 11.5 Å². The number of halogens is 1. The molecule has 0 saturated carbocycles. The minimum Gasteiger partial charge on any atom is -0.490 e. The summed E-state index contributed by atoms with van der Waals surface area (Å²) in [5, 5.41) is 6.01. The van der Waals surface area contributed by atoms with Crippen LogP contribution in [-0.4, -0.2) is 11.6 Å². The van der Waals surface area contributed by atoms with Gasteiger partial charge in [-0.1, -0.05) is 29.8 Å². The SMILES string of the molecule is CCOc1cc(CNCc2cccs2)ccc1OCc1ccc(Cl)nc1. The molecule has 0 aliphatic carbocycles. The molecule has 4 nitrogen and oxygen atoms in total. The van der Waals surface area contributed by atoms with Gasteiger partial charge >= 0.3 is 0 Å². The van der Waals surface area contributed by atoms with Gasteiger partial charge in [0, 0.05) is 29.7 Å². The molecule has 0 aliphatic rings. The van der Waals surface area contributed by atoms with E-state index in [2.05, 4.69) is 33.9 Å². The number of thiophene rings is 1. The van der Waals surface area contributed by atoms with Crippen molar-refractivity contribution in [2.24, 2.45) is 0 Å². The molecule has 1 N–H and O–H groups in total. The Morgan fingerprint density at radius 3 is 2.65 bits per heavy atom. The maximum atomic E-state index is 5.91. The van der Waals surface area contributed by atoms with E-state index >= 15 is 0 Å². The van der Waals surface area contributed by atoms with Gasteiger partial charge in [0.25, 0.3) is 0 Å². The minimum atomic E-state index is 0.417. The lowest BCUT2D eigenvalue weighted by molar-refractivity contribution is 0.269. The van der Waals surface area contributed by atoms with Gasteiger partial charge in [-0.2, -0.15) is 0 Å². The molecule has 1 aromatic carbocycles. The van der Waals surface area contributed by atoms with Gasteiger partial charge in [-0.25, -0.2) is 4.98 Å². The molecule has 3 aromatic rings. The van der Waals surface area contributed by atoms with Gasteiger partial charge in [0.15, 0.2) is 11.5 Å². The maximum Gasteiger partial charge on any atom is 0.161 e. The zero-order valence-electron chi connectivity index (χ0n) is 14.6. The van der Waals surface area contributed by atoms with Crippen molar-refractivity contribution < 1.29 is 9.47 Å². The molecule has 0 radical (unpaired) electrons. The second-order valence-corrected chi connectivity index (χ2v) is 7.09. The third-order valence-electron chi connectivity index (χ3n) is 3.70. The predicted octanol–water partition coefficient (Wildman–Crippen LogP) is 5.06. The van der Waals surface area contributed by atoms with E-state index in [4.69, 9.17) is 21.1 Å². The summed E-state index contributed by atoms with van der Waals surface area (Å²) >= 11 is 7.57. The van der Waals surface area contributed by atoms with E-state index in [1.54, 1.807) is 23.6 Å². The topological polar surface area (TPSA) is 43.4 Å². The Morgan fingerprint density at radius 1 is 1.04 bits per heavy atom. The number of hydrogen-bond acceptors (Lipinski definition) is 5. The van der Waals surface area contributed by atoms with Crippen LogP contribution in [0.3, 0.4) is 0 Å². The first-order valence-electron chi connectivity index (χ1n) is 8.46. The molecule has 0 saturated heterocycles. The third-order valence-corrected chi connectivity index (χ3v) is 4.80. The number of nitrogens with one attached hydrogen (secondary N) is 1. The van der Waals surface area contributed by atoms with E-state index in [0.29, 0.717) is 18.4 Å². The summed E-state index contributed by atoms with van der Waals surface area (Å²) in [5.41, 5.74) is 2.11. The van der Waals surface area contributed by atoms with Crippen LogP contribution >= 0.6 is 22.9 Å². The van der Waals surface area contributed by atoms with Gasteiger partial charge in [0.1, 0.15) is 11.8 Å². The van der Waals surface area contributed by atoms with Crippen LogP contribution in [0.2, 0.25) is 5.15 Å². The molecule has 0 fully saturated rings. The van der Waals surface area contributed by atoms with Gasteiger partial charge in [-0.05, 0) is 42.1 Å². The molecule has 2 aromatic heterocycles. The molecular formula is C20H21ClN2O2S. The van der Waals surface area contributed by atoms with Crippen LogP contribution in [0, 0.1) is 0 Å². The van der Waals surface area contributed by atoms with E-state index in [9.17, 15) is 0 Å². The number of benzene rings is 1. The lowest BCUT2D eigenvalue weighted by atomic mass is 10.2. The van der Waals surface area contributed by atoms with Crippen LogP contribution in [0.25, 0.3) is 0 Å². The molecule has 136 valence electrons. The summed E-state index contributed by atoms with van der Waals surface area (Å²) in [5.74, 6) is 1.48. The van der Waals surface area contributed by atoms with Crippen molar-refractivity contribution in [3.63, 3.8) is 0 Å². The Kier molecular flexibility index (Phi) is 6.89. The smallest absolute Gasteiger partial charge is 0.161 e. The standard InChI is InChI=1S/C20H21ClN2O2S/c1-2-24-19-10-15(11-22-13-17-4-3-9-26-17)5-7-18(19)25-14-16-6-8-20(21)23-12-16/h3-10,12,22H,2,11,13-14H2,1H3. The molecule has 26 heavy (non-hydrogen) atoms. The number of rotatable bonds is 9. The highest BCUT2D eigenvalue weighted by Crippen LogP contribution is 2.29. The quantitative estimate of drug-likeness (QED) is 0.520. The first kappa shape index (κ1) is 18.7. The Balaban J connectivity index is 1.60. The average Bonchev–Trinajstić information content (AvgIpc) is 3.16. The van der Waals surface area contributed by atoms with Gasteiger partial charge in [0.2, 0.25) is 0 Å². The lowest BCUT2D eigenvalue weighted by Crippen LogP contribution is -2.12. The molecule has 3 rings (SSSR count). The van der Waals surface area contributed by atoms with Crippen molar-refractivity contribution in [3.05, 3.63) is 75.2 Å². The summed E-state index contributed by atoms with van der Waals surface area (Å²) in [6.45, 7) is 4.61. The van der Waals surface area contributed by atoms with Crippen LogP contribution < -0.4 is 14.8 Å². The van der Waals surface area contributed by atoms with Crippen molar-refractivity contribution in [1.82, 2.24) is 10.3 Å². The van der Waals surface area contributed by atoms with Crippen molar-refractivity contribution >= 4 is 22.9 Å². The van der Waals surface area contributed by atoms with E-state index < -0.39 is 0 Å². The second kappa shape index (κ2) is 9.57. The maximum absolute atomic E-state index is 5.91. The monoisotopic (exact) mass is 388 g/mol. The summed E-state index contributed by atoms with van der Waals surface area (Å²) in [7, 11) is 0. The molecule has 0 unspecified atom stereocenters. The molecular weight excluding hydrogens is 368 g/mol. The van der Waals surface area contributed by atoms with Gasteiger partial charge in [0.05, 0.1) is 6.61 Å². The van der Waals surface area contributed by atoms with Gasteiger partial charge < -0.3 is 14.8 Å². The molecule has 0 atom stereocenters. The first-order valence-corrected chi connectivity index (χ1v) is 9.72. The van der Waals surface area contributed by atoms with E-state index in [1.165, 1.54) is 4.88 Å². The Hall–Kier alpha value is -2.08. The normalized spacial score (nSPS) is 10.7. The van der Waals surface area contributed by atoms with E-state index in [1.807, 2.05) is 25.1 Å². The van der Waals surface area contributed by atoms with Crippen molar-refractivity contribution in [2.75, 3.05) is 6.61 Å². The minimum absolute atomic E-state index is 0.417. The summed E-state index contributed by atoms with van der Waals surface area (Å²) in [6, 6.07) is 13.9. The van der Waals surface area contributed by atoms with Crippen LogP contribution in [0.15, 0.2) is 54.0 Å².